The molecule has 0 saturated carbocycles. The number of anilines is 1. The molecule has 1 aliphatic heterocycles. The topological polar surface area (TPSA) is 28.6 Å². The molecule has 3 aromatic rings. The Kier molecular flexibility index (Phi) is 6.66. The number of pyridine rings is 1. The third kappa shape index (κ3) is 4.77. The number of hydrogen-bond donors (Lipinski definition) is 0. The molecule has 0 unspecified atom stereocenters. The van der Waals surface area contributed by atoms with Gasteiger partial charge in [0.2, 0.25) is 0 Å². The van der Waals surface area contributed by atoms with Crippen molar-refractivity contribution < 1.29 is 4.74 Å². The van der Waals surface area contributed by atoms with E-state index in [9.17, 15) is 0 Å². The zero-order valence-electron chi connectivity index (χ0n) is 16.6. The third-order valence-electron chi connectivity index (χ3n) is 4.78. The fourth-order valence-electron chi connectivity index (χ4n) is 3.21. The van der Waals surface area contributed by atoms with Crippen molar-refractivity contribution in [3.63, 3.8) is 0 Å². The molecular formula is C23H29N3O. The van der Waals surface area contributed by atoms with Crippen LogP contribution in [0.1, 0.15) is 19.4 Å². The normalized spacial score (nSPS) is 14.6. The molecule has 1 fully saturated rings. The van der Waals surface area contributed by atoms with Crippen molar-refractivity contribution in [1.82, 2.24) is 9.88 Å². The number of ether oxygens (including phenoxy) is 1. The lowest BCUT2D eigenvalue weighted by atomic mass is 10.1. The Bertz CT molecular complexity index is 843. The van der Waals surface area contributed by atoms with Gasteiger partial charge in [0.25, 0.3) is 0 Å². The van der Waals surface area contributed by atoms with Crippen molar-refractivity contribution in [2.24, 2.45) is 0 Å². The van der Waals surface area contributed by atoms with Crippen molar-refractivity contribution in [2.75, 3.05) is 38.1 Å². The van der Waals surface area contributed by atoms with Crippen LogP contribution in [0.4, 0.5) is 5.69 Å². The lowest BCUT2D eigenvalue weighted by Crippen LogP contribution is -2.44. The van der Waals surface area contributed by atoms with Crippen LogP contribution in [0, 0.1) is 0 Å². The van der Waals surface area contributed by atoms with Crippen LogP contribution in [0.25, 0.3) is 10.9 Å². The summed E-state index contributed by atoms with van der Waals surface area (Å²) in [5.74, 6) is 0.893. The first kappa shape index (κ1) is 19.2. The van der Waals surface area contributed by atoms with E-state index < -0.39 is 0 Å². The van der Waals surface area contributed by atoms with Gasteiger partial charge in [-0.25, -0.2) is 0 Å². The summed E-state index contributed by atoms with van der Waals surface area (Å²) < 4.78 is 6.10. The van der Waals surface area contributed by atoms with Gasteiger partial charge in [-0.3, -0.25) is 4.98 Å². The number of aromatic nitrogens is 1. The molecule has 2 heterocycles. The lowest BCUT2D eigenvalue weighted by molar-refractivity contribution is 0.309. The summed E-state index contributed by atoms with van der Waals surface area (Å²) >= 11 is 0. The molecule has 0 atom stereocenters. The molecule has 1 aliphatic rings. The average Bonchev–Trinajstić information content (AvgIpc) is 2.74. The fourth-order valence-corrected chi connectivity index (χ4v) is 3.21. The van der Waals surface area contributed by atoms with E-state index in [2.05, 4.69) is 40.0 Å². The Balaban J connectivity index is 0.00000102. The number of nitrogens with zero attached hydrogens (tertiary/aromatic N) is 3. The van der Waals surface area contributed by atoms with Crippen LogP contribution in [0.3, 0.4) is 0 Å². The van der Waals surface area contributed by atoms with Crippen molar-refractivity contribution in [3.8, 4) is 5.75 Å². The summed E-state index contributed by atoms with van der Waals surface area (Å²) in [7, 11) is 2.17. The maximum Gasteiger partial charge on any atom is 0.129 e. The summed E-state index contributed by atoms with van der Waals surface area (Å²) in [6.07, 6.45) is 1.98. The number of benzene rings is 2. The van der Waals surface area contributed by atoms with E-state index in [1.165, 1.54) is 11.3 Å². The molecule has 0 N–H and O–H groups in total. The molecule has 0 radical (unpaired) electrons. The van der Waals surface area contributed by atoms with Crippen LogP contribution >= 0.6 is 0 Å². The van der Waals surface area contributed by atoms with Crippen LogP contribution < -0.4 is 9.64 Å². The van der Waals surface area contributed by atoms with Crippen molar-refractivity contribution in [1.29, 1.82) is 0 Å². The molecule has 1 aromatic heterocycles. The van der Waals surface area contributed by atoms with E-state index in [-0.39, 0.29) is 0 Å². The van der Waals surface area contributed by atoms with Crippen molar-refractivity contribution in [3.05, 3.63) is 66.4 Å². The summed E-state index contributed by atoms with van der Waals surface area (Å²) in [6, 6.07) is 18.5. The molecule has 142 valence electrons. The minimum atomic E-state index is 0.568. The van der Waals surface area contributed by atoms with Gasteiger partial charge in [-0.05, 0) is 30.8 Å². The van der Waals surface area contributed by atoms with Crippen LogP contribution in [0.5, 0.6) is 5.75 Å². The zero-order chi connectivity index (χ0) is 19.1. The number of rotatable bonds is 4. The highest BCUT2D eigenvalue weighted by Gasteiger charge is 2.15. The van der Waals surface area contributed by atoms with Gasteiger partial charge in [-0.1, -0.05) is 50.2 Å². The number of likely N-dealkylation sites (N-methyl/N-ethyl adjacent to an activating group) is 1. The number of hydrogen-bond acceptors (Lipinski definition) is 4. The first-order valence-corrected chi connectivity index (χ1v) is 9.78. The molecule has 2 aromatic carbocycles. The standard InChI is InChI=1S/C21H23N3O.C2H6/c1-23-10-12-24(13-11-23)18-14-19-20(22-15-18)8-5-9-21(19)25-16-17-6-3-2-4-7-17;1-2/h2-9,14-15H,10-13,16H2,1H3;1-2H3. The highest BCUT2D eigenvalue weighted by molar-refractivity contribution is 5.87. The third-order valence-corrected chi connectivity index (χ3v) is 4.78. The Morgan fingerprint density at radius 1 is 0.926 bits per heavy atom. The van der Waals surface area contributed by atoms with Crippen LogP contribution in [0.15, 0.2) is 60.8 Å². The van der Waals surface area contributed by atoms with Gasteiger partial charge >= 0.3 is 0 Å². The van der Waals surface area contributed by atoms with E-state index in [0.29, 0.717) is 6.61 Å². The first-order chi connectivity index (χ1) is 13.3. The molecule has 0 bridgehead atoms. The summed E-state index contributed by atoms with van der Waals surface area (Å²) in [5.41, 5.74) is 3.32. The molecule has 4 nitrogen and oxygen atoms in total. The maximum atomic E-state index is 6.10. The minimum Gasteiger partial charge on any atom is -0.488 e. The first-order valence-electron chi connectivity index (χ1n) is 9.78. The second kappa shape index (κ2) is 9.38. The molecule has 1 saturated heterocycles. The van der Waals surface area contributed by atoms with Crippen LogP contribution in [0.2, 0.25) is 0 Å². The quantitative estimate of drug-likeness (QED) is 0.678. The Hall–Kier alpha value is -2.59. The van der Waals surface area contributed by atoms with E-state index >= 15 is 0 Å². The average molecular weight is 364 g/mol. The zero-order valence-corrected chi connectivity index (χ0v) is 16.6. The smallest absolute Gasteiger partial charge is 0.129 e. The highest BCUT2D eigenvalue weighted by atomic mass is 16.5. The molecular weight excluding hydrogens is 334 g/mol. The largest absolute Gasteiger partial charge is 0.488 e. The Morgan fingerprint density at radius 3 is 2.41 bits per heavy atom. The maximum absolute atomic E-state index is 6.10. The van der Waals surface area contributed by atoms with E-state index in [1.807, 2.05) is 56.4 Å². The van der Waals surface area contributed by atoms with Crippen molar-refractivity contribution in [2.45, 2.75) is 20.5 Å². The molecule has 0 aliphatic carbocycles. The SMILES string of the molecule is CC.CN1CCN(c2cnc3cccc(OCc4ccccc4)c3c2)CC1. The van der Waals surface area contributed by atoms with Gasteiger partial charge in [0.1, 0.15) is 12.4 Å². The minimum absolute atomic E-state index is 0.568. The fraction of sp³-hybridized carbons (Fsp3) is 0.348. The second-order valence-electron chi connectivity index (χ2n) is 6.58. The molecule has 0 spiro atoms. The monoisotopic (exact) mass is 363 g/mol. The molecule has 4 heteroatoms. The molecule has 27 heavy (non-hydrogen) atoms. The predicted octanol–water partition coefficient (Wildman–Crippen LogP) is 4.59. The van der Waals surface area contributed by atoms with Gasteiger partial charge in [0, 0.05) is 31.6 Å². The lowest BCUT2D eigenvalue weighted by Gasteiger charge is -2.33. The summed E-state index contributed by atoms with van der Waals surface area (Å²) in [5, 5.41) is 1.08. The predicted molar refractivity (Wildman–Crippen MR) is 114 cm³/mol. The van der Waals surface area contributed by atoms with Gasteiger partial charge in [0.15, 0.2) is 0 Å². The molecule has 4 rings (SSSR count). The van der Waals surface area contributed by atoms with Gasteiger partial charge in [0.05, 0.1) is 17.4 Å². The van der Waals surface area contributed by atoms with E-state index in [1.54, 1.807) is 0 Å². The summed E-state index contributed by atoms with van der Waals surface area (Å²) in [6.45, 7) is 8.82. The Morgan fingerprint density at radius 2 is 1.67 bits per heavy atom. The number of piperazine rings is 1. The highest BCUT2D eigenvalue weighted by Crippen LogP contribution is 2.29. The second-order valence-corrected chi connectivity index (χ2v) is 6.58. The summed E-state index contributed by atoms with van der Waals surface area (Å²) in [4.78, 5) is 9.42. The van der Waals surface area contributed by atoms with Crippen LogP contribution in [-0.2, 0) is 6.61 Å². The van der Waals surface area contributed by atoms with Crippen LogP contribution in [-0.4, -0.2) is 43.1 Å². The van der Waals surface area contributed by atoms with Gasteiger partial charge in [-0.2, -0.15) is 0 Å². The van der Waals surface area contributed by atoms with Gasteiger partial charge in [-0.15, -0.1) is 0 Å². The molecule has 0 amide bonds. The Labute approximate surface area is 162 Å². The number of fused-ring (bicyclic) bond motifs is 1. The van der Waals surface area contributed by atoms with E-state index in [0.717, 1.165) is 42.8 Å². The van der Waals surface area contributed by atoms with Gasteiger partial charge < -0.3 is 14.5 Å². The van der Waals surface area contributed by atoms with Crippen molar-refractivity contribution >= 4 is 16.6 Å². The van der Waals surface area contributed by atoms with E-state index in [4.69, 9.17) is 4.74 Å².